The van der Waals surface area contributed by atoms with Gasteiger partial charge in [-0.05, 0) is 23.6 Å². The second kappa shape index (κ2) is 11.0. The number of aliphatic carboxylic acids is 1. The molecule has 0 aliphatic carbocycles. The van der Waals surface area contributed by atoms with Gasteiger partial charge in [0.2, 0.25) is 5.91 Å². The Balaban J connectivity index is 2.20. The summed E-state index contributed by atoms with van der Waals surface area (Å²) in [4.78, 5) is 37.6. The van der Waals surface area contributed by atoms with Gasteiger partial charge in [-0.15, -0.1) is 0 Å². The summed E-state index contributed by atoms with van der Waals surface area (Å²) in [6.07, 6.45) is 0.126. The van der Waals surface area contributed by atoms with Gasteiger partial charge in [0.1, 0.15) is 29.1 Å². The molecule has 2 amide bonds. The lowest BCUT2D eigenvalue weighted by Crippen LogP contribution is -2.54. The van der Waals surface area contributed by atoms with Crippen LogP contribution in [0.1, 0.15) is 29.8 Å². The standard InChI is InChI=1S/C23H28N2O6/c1-14(2)20(25-21(26)19-17(30-3)11-8-12-18(19)31-4)22(27)24-16(23(28)29)13-15-9-6-5-7-10-15/h5-12,14,16,20H,13H2,1-4H3,(H,24,27)(H,25,26)(H,28,29)/t16-,20-/m0/s1. The first-order chi connectivity index (χ1) is 14.8. The number of carbonyl (C=O) groups is 3. The molecule has 2 aromatic carbocycles. The van der Waals surface area contributed by atoms with Gasteiger partial charge in [-0.1, -0.05) is 50.2 Å². The second-order valence-corrected chi connectivity index (χ2v) is 7.32. The Morgan fingerprint density at radius 2 is 1.48 bits per heavy atom. The Morgan fingerprint density at radius 1 is 0.903 bits per heavy atom. The molecule has 0 bridgehead atoms. The van der Waals surface area contributed by atoms with Crippen LogP contribution in [0.4, 0.5) is 0 Å². The van der Waals surface area contributed by atoms with Crippen molar-refractivity contribution in [3.63, 3.8) is 0 Å². The van der Waals surface area contributed by atoms with E-state index >= 15 is 0 Å². The van der Waals surface area contributed by atoms with Crippen molar-refractivity contribution in [3.8, 4) is 11.5 Å². The highest BCUT2D eigenvalue weighted by molar-refractivity contribution is 6.02. The van der Waals surface area contributed by atoms with E-state index in [1.807, 2.05) is 6.07 Å². The third kappa shape index (κ3) is 6.21. The zero-order valence-electron chi connectivity index (χ0n) is 18.0. The van der Waals surface area contributed by atoms with Crippen LogP contribution in [0.5, 0.6) is 11.5 Å². The molecule has 8 nitrogen and oxygen atoms in total. The number of carbonyl (C=O) groups excluding carboxylic acids is 2. The average molecular weight is 428 g/mol. The molecule has 31 heavy (non-hydrogen) atoms. The van der Waals surface area contributed by atoms with Crippen LogP contribution in [0.3, 0.4) is 0 Å². The van der Waals surface area contributed by atoms with Gasteiger partial charge in [-0.25, -0.2) is 4.79 Å². The van der Waals surface area contributed by atoms with Crippen LogP contribution in [0.2, 0.25) is 0 Å². The molecular formula is C23H28N2O6. The summed E-state index contributed by atoms with van der Waals surface area (Å²) in [5.41, 5.74) is 0.934. The molecule has 0 aliphatic rings. The van der Waals surface area contributed by atoms with Crippen molar-refractivity contribution in [1.82, 2.24) is 10.6 Å². The van der Waals surface area contributed by atoms with E-state index < -0.39 is 29.9 Å². The van der Waals surface area contributed by atoms with E-state index in [0.29, 0.717) is 11.5 Å². The van der Waals surface area contributed by atoms with Gasteiger partial charge in [-0.3, -0.25) is 9.59 Å². The number of benzene rings is 2. The fourth-order valence-corrected chi connectivity index (χ4v) is 3.13. The van der Waals surface area contributed by atoms with Gasteiger partial charge in [0.25, 0.3) is 5.91 Å². The average Bonchev–Trinajstić information content (AvgIpc) is 2.76. The molecule has 0 aromatic heterocycles. The molecule has 0 heterocycles. The minimum atomic E-state index is -1.16. The Labute approximate surface area is 181 Å². The van der Waals surface area contributed by atoms with E-state index in [1.165, 1.54) is 14.2 Å². The summed E-state index contributed by atoms with van der Waals surface area (Å²) in [6.45, 7) is 3.52. The molecule has 3 N–H and O–H groups in total. The molecule has 2 atom stereocenters. The molecular weight excluding hydrogens is 400 g/mol. The van der Waals surface area contributed by atoms with Crippen LogP contribution in [0.25, 0.3) is 0 Å². The number of nitrogens with one attached hydrogen (secondary N) is 2. The first-order valence-corrected chi connectivity index (χ1v) is 9.87. The Morgan fingerprint density at radius 3 is 1.97 bits per heavy atom. The molecule has 2 rings (SSSR count). The van der Waals surface area contributed by atoms with Crippen LogP contribution in [0, 0.1) is 5.92 Å². The molecule has 8 heteroatoms. The Kier molecular flexibility index (Phi) is 8.43. The number of hydrogen-bond acceptors (Lipinski definition) is 5. The molecule has 0 radical (unpaired) electrons. The predicted octanol–water partition coefficient (Wildman–Crippen LogP) is 2.27. The van der Waals surface area contributed by atoms with E-state index in [-0.39, 0.29) is 17.9 Å². The lowest BCUT2D eigenvalue weighted by molar-refractivity contribution is -0.142. The van der Waals surface area contributed by atoms with Crippen LogP contribution in [0.15, 0.2) is 48.5 Å². The predicted molar refractivity (Wildman–Crippen MR) is 115 cm³/mol. The maximum absolute atomic E-state index is 13.0. The molecule has 0 unspecified atom stereocenters. The summed E-state index contributed by atoms with van der Waals surface area (Å²) in [5.74, 6) is -1.99. The quantitative estimate of drug-likeness (QED) is 0.535. The molecule has 166 valence electrons. The van der Waals surface area contributed by atoms with Crippen molar-refractivity contribution in [1.29, 1.82) is 0 Å². The van der Waals surface area contributed by atoms with Gasteiger partial charge < -0.3 is 25.2 Å². The smallest absolute Gasteiger partial charge is 0.326 e. The third-order valence-electron chi connectivity index (χ3n) is 4.79. The van der Waals surface area contributed by atoms with Crippen molar-refractivity contribution in [2.24, 2.45) is 5.92 Å². The lowest BCUT2D eigenvalue weighted by atomic mass is 10.0. The van der Waals surface area contributed by atoms with Gasteiger partial charge in [0, 0.05) is 6.42 Å². The van der Waals surface area contributed by atoms with Crippen molar-refractivity contribution >= 4 is 17.8 Å². The van der Waals surface area contributed by atoms with Gasteiger partial charge in [0.05, 0.1) is 14.2 Å². The maximum atomic E-state index is 13.0. The minimum absolute atomic E-state index is 0.126. The number of hydrogen-bond donors (Lipinski definition) is 3. The number of rotatable bonds is 10. The van der Waals surface area contributed by atoms with E-state index in [0.717, 1.165) is 5.56 Å². The highest BCUT2D eigenvalue weighted by Gasteiger charge is 2.30. The number of amides is 2. The molecule has 0 spiro atoms. The van der Waals surface area contributed by atoms with Crippen molar-refractivity contribution < 1.29 is 29.0 Å². The fourth-order valence-electron chi connectivity index (χ4n) is 3.13. The second-order valence-electron chi connectivity index (χ2n) is 7.32. The van der Waals surface area contributed by atoms with Gasteiger partial charge in [0.15, 0.2) is 0 Å². The largest absolute Gasteiger partial charge is 0.496 e. The number of methoxy groups -OCH3 is 2. The molecule has 0 saturated carbocycles. The molecule has 2 aromatic rings. The first-order valence-electron chi connectivity index (χ1n) is 9.87. The summed E-state index contributed by atoms with van der Waals surface area (Å²) in [6, 6.07) is 11.8. The lowest BCUT2D eigenvalue weighted by Gasteiger charge is -2.25. The van der Waals surface area contributed by atoms with Gasteiger partial charge in [-0.2, -0.15) is 0 Å². The number of carboxylic acids is 1. The number of ether oxygens (including phenoxy) is 2. The Bertz CT molecular complexity index is 891. The van der Waals surface area contributed by atoms with Gasteiger partial charge >= 0.3 is 5.97 Å². The zero-order chi connectivity index (χ0) is 23.0. The molecule has 0 fully saturated rings. The van der Waals surface area contributed by atoms with E-state index in [4.69, 9.17) is 9.47 Å². The van der Waals surface area contributed by atoms with Crippen molar-refractivity contribution in [2.45, 2.75) is 32.4 Å². The minimum Gasteiger partial charge on any atom is -0.496 e. The van der Waals surface area contributed by atoms with E-state index in [1.54, 1.807) is 56.3 Å². The van der Waals surface area contributed by atoms with Crippen LogP contribution >= 0.6 is 0 Å². The van der Waals surface area contributed by atoms with E-state index in [9.17, 15) is 19.5 Å². The zero-order valence-corrected chi connectivity index (χ0v) is 18.0. The third-order valence-corrected chi connectivity index (χ3v) is 4.79. The molecule has 0 aliphatic heterocycles. The van der Waals surface area contributed by atoms with E-state index in [2.05, 4.69) is 10.6 Å². The topological polar surface area (TPSA) is 114 Å². The summed E-state index contributed by atoms with van der Waals surface area (Å²) < 4.78 is 10.5. The van der Waals surface area contributed by atoms with Crippen LogP contribution < -0.4 is 20.1 Å². The number of carboxylic acid groups (broad SMARTS) is 1. The van der Waals surface area contributed by atoms with Crippen LogP contribution in [-0.4, -0.2) is 49.2 Å². The fraction of sp³-hybridized carbons (Fsp3) is 0.348. The summed E-state index contributed by atoms with van der Waals surface area (Å²) in [5, 5.41) is 14.8. The van der Waals surface area contributed by atoms with Crippen molar-refractivity contribution in [2.75, 3.05) is 14.2 Å². The monoisotopic (exact) mass is 428 g/mol. The maximum Gasteiger partial charge on any atom is 0.326 e. The summed E-state index contributed by atoms with van der Waals surface area (Å²) in [7, 11) is 2.86. The summed E-state index contributed by atoms with van der Waals surface area (Å²) >= 11 is 0. The normalized spacial score (nSPS) is 12.5. The van der Waals surface area contributed by atoms with Crippen LogP contribution in [-0.2, 0) is 16.0 Å². The molecule has 0 saturated heterocycles. The SMILES string of the molecule is COc1cccc(OC)c1C(=O)N[C@H](C(=O)N[C@@H](Cc1ccccc1)C(=O)O)C(C)C. The first kappa shape index (κ1) is 23.7. The highest BCUT2D eigenvalue weighted by Crippen LogP contribution is 2.28. The highest BCUT2D eigenvalue weighted by atomic mass is 16.5. The van der Waals surface area contributed by atoms with Crippen molar-refractivity contribution in [3.05, 3.63) is 59.7 Å². The Hall–Kier alpha value is -3.55.